The molecule has 4 aromatic carbocycles. The Labute approximate surface area is 664 Å². The lowest BCUT2D eigenvalue weighted by atomic mass is 9.62. The maximum Gasteiger partial charge on any atom is 0.178 e. The van der Waals surface area contributed by atoms with E-state index in [0.717, 1.165) is 200 Å². The molecular weight excluding hydrogens is 1450 g/mol. The Balaban J connectivity index is 0.0000000955. The molecule has 0 bridgehead atoms. The molecule has 8 aromatic rings. The molecule has 4 saturated heterocycles. The van der Waals surface area contributed by atoms with Gasteiger partial charge in [0.1, 0.15) is 23.3 Å². The Bertz CT molecular complexity index is 4790. The van der Waals surface area contributed by atoms with E-state index in [9.17, 15) is 17.6 Å². The Morgan fingerprint density at radius 2 is 0.465 bits per heavy atom. The highest BCUT2D eigenvalue weighted by Gasteiger charge is 2.67. The quantitative estimate of drug-likeness (QED) is 0.155. The molecule has 4 unspecified atom stereocenters. The number of hydrogen-bond acceptors (Lipinski definition) is 12. The smallest absolute Gasteiger partial charge is 0.178 e. The van der Waals surface area contributed by atoms with E-state index >= 15 is 0 Å². The van der Waals surface area contributed by atoms with Gasteiger partial charge in [-0.3, -0.25) is 0 Å². The predicted octanol–water partition coefficient (Wildman–Crippen LogP) is 20.0. The summed E-state index contributed by atoms with van der Waals surface area (Å²) in [4.78, 5) is 0. The van der Waals surface area contributed by atoms with Gasteiger partial charge < -0.3 is 37.9 Å². The summed E-state index contributed by atoms with van der Waals surface area (Å²) >= 11 is 0. The molecule has 4 spiro atoms. The molecule has 12 fully saturated rings. The van der Waals surface area contributed by atoms with E-state index in [2.05, 4.69) is 72.4 Å². The van der Waals surface area contributed by atoms with Crippen LogP contribution in [0, 0.1) is 44.9 Å². The van der Waals surface area contributed by atoms with Crippen molar-refractivity contribution >= 4 is 24.3 Å². The highest BCUT2D eigenvalue weighted by molar-refractivity contribution is 5.66. The number of halogens is 4. The molecule has 16 nitrogen and oxygen atoms in total. The van der Waals surface area contributed by atoms with E-state index in [1.165, 1.54) is 132 Å². The molecule has 15 atom stereocenters. The van der Waals surface area contributed by atoms with Crippen molar-refractivity contribution in [1.29, 1.82) is 0 Å². The van der Waals surface area contributed by atoms with Crippen LogP contribution in [0.2, 0.25) is 0 Å². The van der Waals surface area contributed by atoms with Gasteiger partial charge in [-0.25, -0.2) is 36.3 Å². The van der Waals surface area contributed by atoms with E-state index < -0.39 is 23.1 Å². The molecule has 114 heavy (non-hydrogen) atoms. The lowest BCUT2D eigenvalue weighted by molar-refractivity contribution is -0.251. The van der Waals surface area contributed by atoms with Gasteiger partial charge in [0.25, 0.3) is 0 Å². The van der Waals surface area contributed by atoms with Gasteiger partial charge in [-0.05, 0) is 285 Å². The Morgan fingerprint density at radius 3 is 0.667 bits per heavy atom. The summed E-state index contributed by atoms with van der Waals surface area (Å²) in [6, 6.07) is 26.1. The van der Waals surface area contributed by atoms with E-state index in [-0.39, 0.29) is 93.8 Å². The van der Waals surface area contributed by atoms with Crippen molar-refractivity contribution in [2.24, 2.45) is 21.7 Å². The van der Waals surface area contributed by atoms with Crippen LogP contribution in [0.1, 0.15) is 240 Å². The molecule has 12 aliphatic carbocycles. The molecule has 4 aliphatic heterocycles. The molecular formula is C94H104F4N8O8. The summed E-state index contributed by atoms with van der Waals surface area (Å²) in [5.74, 6) is -2.93. The van der Waals surface area contributed by atoms with Crippen LogP contribution >= 0.6 is 0 Å². The first-order valence-electron chi connectivity index (χ1n) is 42.9. The number of hydrogen-bond donors (Lipinski definition) is 0. The van der Waals surface area contributed by atoms with Crippen LogP contribution in [0.15, 0.2) is 144 Å². The molecule has 0 N–H and O–H groups in total. The fourth-order valence-corrected chi connectivity index (χ4v) is 23.8. The Kier molecular flexibility index (Phi) is 18.0. The zero-order valence-electron chi connectivity index (χ0n) is 66.0. The van der Waals surface area contributed by atoms with Crippen LogP contribution in [-0.4, -0.2) is 111 Å². The van der Waals surface area contributed by atoms with Crippen molar-refractivity contribution in [1.82, 2.24) is 39.1 Å². The summed E-state index contributed by atoms with van der Waals surface area (Å²) in [5.41, 5.74) is 17.8. The Hall–Kier alpha value is -7.92. The second kappa shape index (κ2) is 27.9. The monoisotopic (exact) mass is 1550 g/mol. The molecule has 4 aromatic heterocycles. The summed E-state index contributed by atoms with van der Waals surface area (Å²) in [5, 5.41) is 18.5. The maximum absolute atomic E-state index is 13.4. The molecule has 596 valence electrons. The van der Waals surface area contributed by atoms with Crippen LogP contribution in [0.4, 0.5) is 17.6 Å². The molecule has 24 rings (SSSR count). The van der Waals surface area contributed by atoms with Crippen LogP contribution in [0.25, 0.3) is 47.1 Å². The fraction of sp³-hybridized carbons (Fsp3) is 0.532. The zero-order chi connectivity index (χ0) is 77.1. The third-order valence-electron chi connectivity index (χ3n) is 30.1. The topological polar surface area (TPSA) is 145 Å². The summed E-state index contributed by atoms with van der Waals surface area (Å²) in [7, 11) is 0. The van der Waals surface area contributed by atoms with Crippen LogP contribution in [0.3, 0.4) is 0 Å². The number of nitrogens with zero attached hydrogens (tertiary/aromatic N) is 8. The first-order valence-corrected chi connectivity index (χ1v) is 42.9. The SMILES string of the molecule is CC12Cc3cnn(-c4ccc(F)cc4)c3C=C1CCCC21O[C@H]2CCC[C@H]2O1.C[C@]12Cc3cnn(-c4ccc(F)cc4)c3C=C1CCCC21O[C@@H]2CCCC[C@H]2O1.C[C@]12Cc3cnn(-c4ccc(F)cc4)c3C=C1CCCC21O[C@H]2CCCC[C@H]2O1.C[C@]12Cc3cnn(-c4ccc(F)cc4)c3C=C1CCCC21O[C@H]2CCC[C@H]2O1. The standard InChI is InChI=1S/2C24H27FN2O2.2C23H25FN2O2/c2*1-23-14-16-15-26-27(19-10-8-18(25)9-11-19)20(16)13-17(23)5-4-12-24(23)28-21-6-2-3-7-22(21)29-24;2*1-22-13-15-14-25-26(18-9-7-17(24)8-10-18)19(15)12-16(22)4-3-11-23(22)27-20-5-2-6-21(20)28-23/h2*8-11,13,15,21-22H,2-7,12,14H2,1H3;2*7-10,12,14,20-21H,2-6,11,13H2,1H3/t21-,22+,23-,24?;21-,22-,23+;20-,21+,22?,23?;20-,21+,22-,23?/m01.0/s1. The van der Waals surface area contributed by atoms with Crippen molar-refractivity contribution in [2.45, 2.75) is 292 Å². The maximum atomic E-state index is 13.4. The van der Waals surface area contributed by atoms with Gasteiger partial charge in [-0.2, -0.15) is 20.4 Å². The number of ether oxygens (including phenoxy) is 8. The van der Waals surface area contributed by atoms with Crippen molar-refractivity contribution in [3.8, 4) is 22.7 Å². The van der Waals surface area contributed by atoms with Crippen LogP contribution in [0.5, 0.6) is 0 Å². The summed E-state index contributed by atoms with van der Waals surface area (Å²) < 4.78 is 115. The highest BCUT2D eigenvalue weighted by atomic mass is 19.1. The number of benzene rings is 4. The normalized spacial score (nSPS) is 35.1. The summed E-state index contributed by atoms with van der Waals surface area (Å²) in [6.45, 7) is 9.29. The number of fused-ring (bicyclic) bond motifs is 16. The average Bonchev–Trinajstić information content (AvgIpc) is 1.31. The molecule has 0 amide bonds. The third kappa shape index (κ3) is 11.8. The molecule has 20 heteroatoms. The second-order valence-corrected chi connectivity index (χ2v) is 36.6. The minimum absolute atomic E-state index is 0.154. The van der Waals surface area contributed by atoms with Gasteiger partial charge in [0.15, 0.2) is 23.1 Å². The lowest BCUT2D eigenvalue weighted by Crippen LogP contribution is -2.53. The van der Waals surface area contributed by atoms with Crippen molar-refractivity contribution in [3.63, 3.8) is 0 Å². The van der Waals surface area contributed by atoms with Gasteiger partial charge in [0.2, 0.25) is 0 Å². The number of rotatable bonds is 4. The average molecular weight is 1550 g/mol. The van der Waals surface area contributed by atoms with Gasteiger partial charge in [-0.15, -0.1) is 0 Å². The third-order valence-corrected chi connectivity index (χ3v) is 30.1. The van der Waals surface area contributed by atoms with Gasteiger partial charge in [0, 0.05) is 47.3 Å². The zero-order valence-corrected chi connectivity index (χ0v) is 66.0. The van der Waals surface area contributed by atoms with Gasteiger partial charge >= 0.3 is 0 Å². The lowest BCUT2D eigenvalue weighted by Gasteiger charge is -2.51. The largest absolute Gasteiger partial charge is 0.343 e. The second-order valence-electron chi connectivity index (χ2n) is 36.6. The number of aromatic nitrogens is 8. The Morgan fingerprint density at radius 1 is 0.272 bits per heavy atom. The van der Waals surface area contributed by atoms with E-state index in [1.807, 2.05) is 43.5 Å². The first kappa shape index (κ1) is 73.7. The van der Waals surface area contributed by atoms with Crippen LogP contribution < -0.4 is 0 Å². The van der Waals surface area contributed by atoms with Gasteiger partial charge in [-0.1, -0.05) is 75.7 Å². The highest BCUT2D eigenvalue weighted by Crippen LogP contribution is 2.65. The van der Waals surface area contributed by atoms with Crippen LogP contribution in [-0.2, 0) is 63.6 Å². The molecule has 8 heterocycles. The summed E-state index contributed by atoms with van der Waals surface area (Å²) in [6.07, 6.45) is 51.4. The molecule has 0 radical (unpaired) electrons. The van der Waals surface area contributed by atoms with Crippen molar-refractivity contribution < 1.29 is 55.5 Å². The minimum atomic E-state index is -0.508. The minimum Gasteiger partial charge on any atom is -0.343 e. The van der Waals surface area contributed by atoms with Gasteiger partial charge in [0.05, 0.1) is 119 Å². The van der Waals surface area contributed by atoms with E-state index in [0.29, 0.717) is 0 Å². The van der Waals surface area contributed by atoms with E-state index in [4.69, 9.17) is 37.9 Å². The predicted molar refractivity (Wildman–Crippen MR) is 423 cm³/mol. The molecule has 16 aliphatic rings. The van der Waals surface area contributed by atoms with E-state index in [1.54, 1.807) is 48.5 Å². The molecule has 8 saturated carbocycles. The van der Waals surface area contributed by atoms with Crippen molar-refractivity contribution in [3.05, 3.63) is 212 Å². The van der Waals surface area contributed by atoms with Crippen molar-refractivity contribution in [2.75, 3.05) is 0 Å². The fourth-order valence-electron chi connectivity index (χ4n) is 23.8. The first-order chi connectivity index (χ1) is 55.3.